The van der Waals surface area contributed by atoms with Crippen molar-refractivity contribution < 1.29 is 19.2 Å². The van der Waals surface area contributed by atoms with E-state index in [1.165, 1.54) is 11.3 Å². The van der Waals surface area contributed by atoms with Crippen LogP contribution in [0.3, 0.4) is 0 Å². The molecule has 2 saturated heterocycles. The Labute approximate surface area is 140 Å². The van der Waals surface area contributed by atoms with Gasteiger partial charge in [-0.3, -0.25) is 4.79 Å². The molecular formula is C19H32NO3+. The minimum atomic E-state index is -0.301. The molecule has 23 heavy (non-hydrogen) atoms. The molecule has 2 rings (SSSR count). The van der Waals surface area contributed by atoms with Gasteiger partial charge in [-0.05, 0) is 52.9 Å². The molecular weight excluding hydrogens is 290 g/mol. The number of carbonyl (C=O) groups is 1. The average Bonchev–Trinajstić information content (AvgIpc) is 2.46. The highest BCUT2D eigenvalue weighted by atomic mass is 16.5. The molecule has 0 saturated carbocycles. The Morgan fingerprint density at radius 2 is 1.96 bits per heavy atom. The SMILES string of the molecule is CCOC(=O)C1CC[NH+](CC#C[C@@]2(C)CCCC(C)(C)O2)CC1. The van der Waals surface area contributed by atoms with E-state index in [1.807, 2.05) is 6.92 Å². The lowest BCUT2D eigenvalue weighted by Gasteiger charge is -2.40. The van der Waals surface area contributed by atoms with Gasteiger partial charge in [-0.1, -0.05) is 5.92 Å². The molecule has 1 N–H and O–H groups in total. The van der Waals surface area contributed by atoms with Gasteiger partial charge in [-0.2, -0.15) is 0 Å². The summed E-state index contributed by atoms with van der Waals surface area (Å²) in [4.78, 5) is 13.2. The standard InChI is InChI=1S/C19H31NO3/c1-5-22-17(21)16-8-14-20(15-9-16)13-7-12-19(4)11-6-10-18(2,3)23-19/h16H,5-6,8-11,13-15H2,1-4H3/p+1/t19-/m1/s1. The summed E-state index contributed by atoms with van der Waals surface area (Å²) in [5, 5.41) is 0. The predicted molar refractivity (Wildman–Crippen MR) is 90.1 cm³/mol. The van der Waals surface area contributed by atoms with Crippen molar-refractivity contribution in [3.8, 4) is 11.8 Å². The van der Waals surface area contributed by atoms with E-state index < -0.39 is 0 Å². The molecule has 0 aromatic carbocycles. The maximum atomic E-state index is 11.8. The number of piperidine rings is 1. The van der Waals surface area contributed by atoms with E-state index in [2.05, 4.69) is 32.6 Å². The Hall–Kier alpha value is -1.05. The molecule has 0 spiro atoms. The number of ether oxygens (including phenoxy) is 2. The second-order valence-electron chi connectivity index (χ2n) is 7.70. The van der Waals surface area contributed by atoms with Gasteiger partial charge in [-0.25, -0.2) is 0 Å². The normalized spacial score (nSPS) is 33.4. The van der Waals surface area contributed by atoms with Crippen LogP contribution in [0, 0.1) is 17.8 Å². The molecule has 2 aliphatic rings. The van der Waals surface area contributed by atoms with E-state index in [0.717, 1.165) is 45.3 Å². The summed E-state index contributed by atoms with van der Waals surface area (Å²) in [5.74, 6) is 6.78. The van der Waals surface area contributed by atoms with Gasteiger partial charge >= 0.3 is 5.97 Å². The monoisotopic (exact) mass is 322 g/mol. The molecule has 0 radical (unpaired) electrons. The van der Waals surface area contributed by atoms with Gasteiger partial charge in [0.1, 0.15) is 12.1 Å². The van der Waals surface area contributed by atoms with Gasteiger partial charge in [-0.15, -0.1) is 0 Å². The highest BCUT2D eigenvalue weighted by Crippen LogP contribution is 2.34. The second-order valence-corrected chi connectivity index (χ2v) is 7.70. The first-order valence-electron chi connectivity index (χ1n) is 9.04. The third-order valence-corrected chi connectivity index (χ3v) is 4.94. The zero-order chi connectivity index (χ0) is 16.9. The van der Waals surface area contributed by atoms with Crippen LogP contribution in [0.15, 0.2) is 0 Å². The smallest absolute Gasteiger partial charge is 0.309 e. The molecule has 0 aromatic rings. The largest absolute Gasteiger partial charge is 0.466 e. The van der Waals surface area contributed by atoms with Crippen molar-refractivity contribution in [3.05, 3.63) is 0 Å². The first-order valence-corrected chi connectivity index (χ1v) is 9.04. The van der Waals surface area contributed by atoms with Crippen LogP contribution in [0.5, 0.6) is 0 Å². The highest BCUT2D eigenvalue weighted by molar-refractivity contribution is 5.72. The minimum Gasteiger partial charge on any atom is -0.466 e. The molecule has 4 nitrogen and oxygen atoms in total. The van der Waals surface area contributed by atoms with Crippen molar-refractivity contribution >= 4 is 5.97 Å². The van der Waals surface area contributed by atoms with E-state index >= 15 is 0 Å². The van der Waals surface area contributed by atoms with E-state index in [0.29, 0.717) is 6.61 Å². The molecule has 0 bridgehead atoms. The Kier molecular flexibility index (Phi) is 6.11. The van der Waals surface area contributed by atoms with Crippen molar-refractivity contribution in [1.29, 1.82) is 0 Å². The fourth-order valence-electron chi connectivity index (χ4n) is 3.71. The number of quaternary nitrogens is 1. The molecule has 2 fully saturated rings. The van der Waals surface area contributed by atoms with Gasteiger partial charge in [0.25, 0.3) is 0 Å². The lowest BCUT2D eigenvalue weighted by Crippen LogP contribution is -3.13. The lowest BCUT2D eigenvalue weighted by molar-refractivity contribution is -0.898. The third kappa shape index (κ3) is 5.51. The van der Waals surface area contributed by atoms with Gasteiger partial charge < -0.3 is 14.4 Å². The Balaban J connectivity index is 1.79. The van der Waals surface area contributed by atoms with Crippen LogP contribution in [0.2, 0.25) is 0 Å². The number of rotatable bonds is 3. The maximum Gasteiger partial charge on any atom is 0.309 e. The van der Waals surface area contributed by atoms with E-state index in [4.69, 9.17) is 9.47 Å². The predicted octanol–water partition coefficient (Wildman–Crippen LogP) is 1.59. The van der Waals surface area contributed by atoms with E-state index in [-0.39, 0.29) is 23.1 Å². The summed E-state index contributed by atoms with van der Waals surface area (Å²) in [7, 11) is 0. The summed E-state index contributed by atoms with van der Waals surface area (Å²) in [6, 6.07) is 0. The summed E-state index contributed by atoms with van der Waals surface area (Å²) < 4.78 is 11.3. The average molecular weight is 322 g/mol. The summed E-state index contributed by atoms with van der Waals surface area (Å²) in [6.45, 7) is 11.6. The van der Waals surface area contributed by atoms with Gasteiger partial charge in [0.2, 0.25) is 0 Å². The molecule has 130 valence electrons. The van der Waals surface area contributed by atoms with Crippen LogP contribution in [0.4, 0.5) is 0 Å². The van der Waals surface area contributed by atoms with Crippen molar-refractivity contribution in [2.45, 2.75) is 71.0 Å². The zero-order valence-electron chi connectivity index (χ0n) is 15.2. The molecule has 0 aliphatic carbocycles. The van der Waals surface area contributed by atoms with Crippen molar-refractivity contribution in [2.24, 2.45) is 5.92 Å². The molecule has 4 heteroatoms. The van der Waals surface area contributed by atoms with Crippen LogP contribution < -0.4 is 4.90 Å². The number of likely N-dealkylation sites (tertiary alicyclic amines) is 1. The van der Waals surface area contributed by atoms with Crippen molar-refractivity contribution in [3.63, 3.8) is 0 Å². The first-order chi connectivity index (χ1) is 10.8. The fraction of sp³-hybridized carbons (Fsp3) is 0.842. The number of carbonyl (C=O) groups excluding carboxylic acids is 1. The van der Waals surface area contributed by atoms with Crippen molar-refractivity contribution in [2.75, 3.05) is 26.2 Å². The highest BCUT2D eigenvalue weighted by Gasteiger charge is 2.36. The number of hydrogen-bond donors (Lipinski definition) is 1. The van der Waals surface area contributed by atoms with Crippen LogP contribution in [-0.2, 0) is 14.3 Å². The zero-order valence-corrected chi connectivity index (χ0v) is 15.2. The minimum absolute atomic E-state index is 0.0250. The lowest BCUT2D eigenvalue weighted by atomic mass is 9.88. The van der Waals surface area contributed by atoms with Crippen LogP contribution in [0.1, 0.15) is 59.8 Å². The van der Waals surface area contributed by atoms with E-state index in [1.54, 1.807) is 0 Å². The first kappa shape index (κ1) is 18.3. The quantitative estimate of drug-likeness (QED) is 0.633. The molecule has 0 aromatic heterocycles. The number of esters is 1. The molecule has 0 unspecified atom stereocenters. The van der Waals surface area contributed by atoms with Gasteiger partial charge in [0.15, 0.2) is 0 Å². The van der Waals surface area contributed by atoms with Gasteiger partial charge in [0, 0.05) is 12.8 Å². The molecule has 2 heterocycles. The summed E-state index contributed by atoms with van der Waals surface area (Å²) >= 11 is 0. The number of nitrogens with one attached hydrogen (secondary N) is 1. The van der Waals surface area contributed by atoms with Crippen LogP contribution >= 0.6 is 0 Å². The van der Waals surface area contributed by atoms with Gasteiger partial charge in [0.05, 0.1) is 31.2 Å². The topological polar surface area (TPSA) is 40.0 Å². The fourth-order valence-corrected chi connectivity index (χ4v) is 3.71. The van der Waals surface area contributed by atoms with E-state index in [9.17, 15) is 4.79 Å². The third-order valence-electron chi connectivity index (χ3n) is 4.94. The van der Waals surface area contributed by atoms with Crippen LogP contribution in [0.25, 0.3) is 0 Å². The summed E-state index contributed by atoms with van der Waals surface area (Å²) in [6.07, 6.45) is 5.13. The summed E-state index contributed by atoms with van der Waals surface area (Å²) in [5.41, 5.74) is -0.364. The maximum absolute atomic E-state index is 11.8. The molecule has 0 amide bonds. The Bertz CT molecular complexity index is 469. The van der Waals surface area contributed by atoms with Crippen LogP contribution in [-0.4, -0.2) is 43.4 Å². The number of hydrogen-bond acceptors (Lipinski definition) is 3. The second kappa shape index (κ2) is 7.68. The van der Waals surface area contributed by atoms with Crippen molar-refractivity contribution in [1.82, 2.24) is 0 Å². The Morgan fingerprint density at radius 3 is 2.57 bits per heavy atom. The Morgan fingerprint density at radius 1 is 1.26 bits per heavy atom. The molecule has 2 aliphatic heterocycles. The molecule has 1 atom stereocenters.